The average molecular weight is 246 g/mol. The highest BCUT2D eigenvalue weighted by molar-refractivity contribution is 5.80. The lowest BCUT2D eigenvalue weighted by atomic mass is 10.2. The van der Waals surface area contributed by atoms with E-state index in [4.69, 9.17) is 0 Å². The minimum absolute atomic E-state index is 0.127. The van der Waals surface area contributed by atoms with Gasteiger partial charge in [-0.15, -0.1) is 0 Å². The summed E-state index contributed by atoms with van der Waals surface area (Å²) in [5.41, 5.74) is -0.127. The van der Waals surface area contributed by atoms with Crippen LogP contribution in [0.2, 0.25) is 0 Å². The van der Waals surface area contributed by atoms with Gasteiger partial charge in [-0.3, -0.25) is 9.59 Å². The highest BCUT2D eigenvalue weighted by atomic mass is 16.5. The Bertz CT molecular complexity index is 619. The molecule has 0 spiro atoms. The van der Waals surface area contributed by atoms with Crippen LogP contribution >= 0.6 is 0 Å². The first-order valence-electron chi connectivity index (χ1n) is 5.74. The number of rotatable bonds is 4. The maximum atomic E-state index is 12.1. The van der Waals surface area contributed by atoms with Crippen LogP contribution in [-0.2, 0) is 16.1 Å². The molecule has 5 heteroatoms. The van der Waals surface area contributed by atoms with E-state index in [2.05, 4.69) is 9.84 Å². The van der Waals surface area contributed by atoms with Crippen molar-refractivity contribution in [2.75, 3.05) is 7.11 Å². The molecule has 5 nitrogen and oxygen atoms in total. The van der Waals surface area contributed by atoms with Crippen molar-refractivity contribution in [2.45, 2.75) is 19.4 Å². The van der Waals surface area contributed by atoms with Crippen molar-refractivity contribution in [1.82, 2.24) is 9.78 Å². The monoisotopic (exact) mass is 246 g/mol. The van der Waals surface area contributed by atoms with Gasteiger partial charge < -0.3 is 4.74 Å². The molecule has 0 saturated carbocycles. The third-order valence-electron chi connectivity index (χ3n) is 2.74. The molecule has 1 heterocycles. The molecule has 0 aliphatic rings. The van der Waals surface area contributed by atoms with Gasteiger partial charge in [0.2, 0.25) is 0 Å². The van der Waals surface area contributed by atoms with Crippen molar-refractivity contribution in [3.63, 3.8) is 0 Å². The minimum atomic E-state index is -0.274. The number of ether oxygens (including phenoxy) is 1. The Hall–Kier alpha value is -2.17. The van der Waals surface area contributed by atoms with Crippen molar-refractivity contribution in [3.8, 4) is 0 Å². The minimum Gasteiger partial charge on any atom is -0.469 e. The zero-order valence-corrected chi connectivity index (χ0v) is 10.1. The third kappa shape index (κ3) is 2.56. The van der Waals surface area contributed by atoms with E-state index in [9.17, 15) is 9.59 Å². The van der Waals surface area contributed by atoms with Crippen molar-refractivity contribution in [3.05, 3.63) is 40.8 Å². The van der Waals surface area contributed by atoms with Crippen LogP contribution < -0.4 is 5.56 Å². The van der Waals surface area contributed by atoms with Gasteiger partial charge in [0.15, 0.2) is 0 Å². The summed E-state index contributed by atoms with van der Waals surface area (Å²) in [6.07, 6.45) is 2.49. The summed E-state index contributed by atoms with van der Waals surface area (Å²) < 4.78 is 5.92. The van der Waals surface area contributed by atoms with E-state index >= 15 is 0 Å². The molecule has 0 aliphatic carbocycles. The zero-order chi connectivity index (χ0) is 13.0. The third-order valence-corrected chi connectivity index (χ3v) is 2.74. The average Bonchev–Trinajstić information content (AvgIpc) is 2.41. The molecular weight excluding hydrogens is 232 g/mol. The van der Waals surface area contributed by atoms with Crippen molar-refractivity contribution >= 4 is 16.7 Å². The standard InChI is InChI=1S/C13H14N2O3/c1-18-12(16)7-4-8-15-13(17)11-6-3-2-5-10(11)9-14-15/h2-3,5-6,9H,4,7-8H2,1H3. The van der Waals surface area contributed by atoms with E-state index in [-0.39, 0.29) is 17.9 Å². The normalized spacial score (nSPS) is 10.5. The van der Waals surface area contributed by atoms with Gasteiger partial charge in [-0.2, -0.15) is 5.10 Å². The van der Waals surface area contributed by atoms with E-state index in [0.29, 0.717) is 18.4 Å². The molecule has 0 aliphatic heterocycles. The second-order valence-electron chi connectivity index (χ2n) is 3.94. The van der Waals surface area contributed by atoms with Crippen LogP contribution in [0.1, 0.15) is 12.8 Å². The fourth-order valence-corrected chi connectivity index (χ4v) is 1.76. The number of hydrogen-bond acceptors (Lipinski definition) is 4. The smallest absolute Gasteiger partial charge is 0.305 e. The number of methoxy groups -OCH3 is 1. The molecule has 1 aromatic carbocycles. The lowest BCUT2D eigenvalue weighted by Crippen LogP contribution is -2.23. The fourth-order valence-electron chi connectivity index (χ4n) is 1.76. The lowest BCUT2D eigenvalue weighted by Gasteiger charge is -2.05. The summed E-state index contributed by atoms with van der Waals surface area (Å²) in [6.45, 7) is 0.415. The molecule has 2 aromatic rings. The van der Waals surface area contributed by atoms with E-state index in [1.54, 1.807) is 12.3 Å². The van der Waals surface area contributed by atoms with E-state index < -0.39 is 0 Å². The van der Waals surface area contributed by atoms with Crippen LogP contribution in [0.3, 0.4) is 0 Å². The lowest BCUT2D eigenvalue weighted by molar-refractivity contribution is -0.140. The molecule has 94 valence electrons. The van der Waals surface area contributed by atoms with Gasteiger partial charge in [-0.25, -0.2) is 4.68 Å². The highest BCUT2D eigenvalue weighted by Crippen LogP contribution is 2.06. The summed E-state index contributed by atoms with van der Waals surface area (Å²) in [6, 6.07) is 7.31. The maximum absolute atomic E-state index is 12.1. The van der Waals surface area contributed by atoms with Crippen LogP contribution in [0, 0.1) is 0 Å². The van der Waals surface area contributed by atoms with E-state index in [0.717, 1.165) is 5.39 Å². The van der Waals surface area contributed by atoms with Gasteiger partial charge in [0, 0.05) is 18.4 Å². The molecule has 0 N–H and O–H groups in total. The first-order valence-corrected chi connectivity index (χ1v) is 5.74. The van der Waals surface area contributed by atoms with Crippen molar-refractivity contribution in [1.29, 1.82) is 0 Å². The quantitative estimate of drug-likeness (QED) is 0.764. The number of hydrogen-bond donors (Lipinski definition) is 0. The first kappa shape index (κ1) is 12.3. The molecule has 0 fully saturated rings. The highest BCUT2D eigenvalue weighted by Gasteiger charge is 2.05. The van der Waals surface area contributed by atoms with Gasteiger partial charge in [0.05, 0.1) is 18.7 Å². The Morgan fingerprint density at radius 1 is 1.39 bits per heavy atom. The van der Waals surface area contributed by atoms with Gasteiger partial charge in [0.25, 0.3) is 5.56 Å². The Kier molecular flexibility index (Phi) is 3.72. The van der Waals surface area contributed by atoms with E-state index in [1.165, 1.54) is 11.8 Å². The number of benzene rings is 1. The molecule has 1 aromatic heterocycles. The Balaban J connectivity index is 2.17. The largest absolute Gasteiger partial charge is 0.469 e. The molecular formula is C13H14N2O3. The maximum Gasteiger partial charge on any atom is 0.305 e. The topological polar surface area (TPSA) is 61.2 Å². The number of nitrogens with zero attached hydrogens (tertiary/aromatic N) is 2. The predicted molar refractivity (Wildman–Crippen MR) is 67.3 cm³/mol. The number of fused-ring (bicyclic) bond motifs is 1. The van der Waals surface area contributed by atoms with Crippen molar-refractivity contribution < 1.29 is 9.53 Å². The molecule has 0 unspecified atom stereocenters. The summed E-state index contributed by atoms with van der Waals surface area (Å²) in [4.78, 5) is 23.0. The summed E-state index contributed by atoms with van der Waals surface area (Å²) in [5, 5.41) is 5.55. The van der Waals surface area contributed by atoms with Crippen LogP contribution in [-0.4, -0.2) is 22.9 Å². The predicted octanol–water partition coefficient (Wildman–Crippen LogP) is 1.35. The van der Waals surface area contributed by atoms with Crippen LogP contribution in [0.25, 0.3) is 10.8 Å². The number of carbonyl (C=O) groups excluding carboxylic acids is 1. The van der Waals surface area contributed by atoms with Crippen molar-refractivity contribution in [2.24, 2.45) is 0 Å². The summed E-state index contributed by atoms with van der Waals surface area (Å²) >= 11 is 0. The molecule has 2 rings (SSSR count). The molecule has 18 heavy (non-hydrogen) atoms. The Labute approximate surface area is 104 Å². The summed E-state index contributed by atoms with van der Waals surface area (Å²) in [7, 11) is 1.35. The Morgan fingerprint density at radius 2 is 2.17 bits per heavy atom. The molecule has 0 bridgehead atoms. The van der Waals surface area contributed by atoms with E-state index in [1.807, 2.05) is 18.2 Å². The Morgan fingerprint density at radius 3 is 2.94 bits per heavy atom. The molecule has 0 saturated heterocycles. The number of carbonyl (C=O) groups is 1. The fraction of sp³-hybridized carbons (Fsp3) is 0.308. The second kappa shape index (κ2) is 5.44. The molecule has 0 atom stereocenters. The molecule has 0 amide bonds. The summed E-state index contributed by atoms with van der Waals surface area (Å²) in [5.74, 6) is -0.274. The first-order chi connectivity index (χ1) is 8.72. The zero-order valence-electron chi connectivity index (χ0n) is 10.1. The number of aryl methyl sites for hydroxylation is 1. The SMILES string of the molecule is COC(=O)CCCn1ncc2ccccc2c1=O. The van der Waals surface area contributed by atoms with Crippen LogP contribution in [0.4, 0.5) is 0 Å². The van der Waals surface area contributed by atoms with Crippen LogP contribution in [0.15, 0.2) is 35.3 Å². The molecule has 0 radical (unpaired) electrons. The number of esters is 1. The van der Waals surface area contributed by atoms with Gasteiger partial charge in [-0.1, -0.05) is 18.2 Å². The van der Waals surface area contributed by atoms with Gasteiger partial charge in [0.1, 0.15) is 0 Å². The van der Waals surface area contributed by atoms with Crippen LogP contribution in [0.5, 0.6) is 0 Å². The second-order valence-corrected chi connectivity index (χ2v) is 3.94. The number of aromatic nitrogens is 2. The van der Waals surface area contributed by atoms with Gasteiger partial charge in [-0.05, 0) is 12.5 Å². The van der Waals surface area contributed by atoms with Gasteiger partial charge >= 0.3 is 5.97 Å².